The zero-order chi connectivity index (χ0) is 18.3. The largest absolute Gasteiger partial charge is 0.393 e. The minimum absolute atomic E-state index is 0.0827. The predicted octanol–water partition coefficient (Wildman–Crippen LogP) is 2.70. The Balaban J connectivity index is 1.63. The third-order valence-electron chi connectivity index (χ3n) is 4.24. The van der Waals surface area contributed by atoms with E-state index in [0.717, 1.165) is 11.5 Å². The number of hydrogen-bond donors (Lipinski definition) is 0. The Morgan fingerprint density at radius 3 is 2.77 bits per heavy atom. The molecule has 1 aliphatic rings. The van der Waals surface area contributed by atoms with Crippen LogP contribution in [0.4, 0.5) is 10.3 Å². The molecule has 4 rings (SSSR count). The molecule has 26 heavy (non-hydrogen) atoms. The van der Waals surface area contributed by atoms with Crippen molar-refractivity contribution >= 4 is 23.4 Å². The number of rotatable bonds is 2. The van der Waals surface area contributed by atoms with Gasteiger partial charge in [-0.3, -0.25) is 4.79 Å². The lowest BCUT2D eigenvalue weighted by Crippen LogP contribution is -2.41. The van der Waals surface area contributed by atoms with Crippen molar-refractivity contribution in [3.8, 4) is 10.8 Å². The SMILES string of the molecule is [C-]#[N+]c1nsc(-c2nnc3n2CCN(C(=O)c2ccc(F)cc2)[C@@H]3C)n1. The van der Waals surface area contributed by atoms with Gasteiger partial charge < -0.3 is 14.3 Å². The van der Waals surface area contributed by atoms with E-state index in [-0.39, 0.29) is 23.7 Å². The predicted molar refractivity (Wildman–Crippen MR) is 91.0 cm³/mol. The highest BCUT2D eigenvalue weighted by atomic mass is 32.1. The number of halogens is 1. The second-order valence-corrected chi connectivity index (χ2v) is 6.48. The molecule has 0 spiro atoms. The number of aromatic nitrogens is 5. The Morgan fingerprint density at radius 2 is 2.08 bits per heavy atom. The van der Waals surface area contributed by atoms with Gasteiger partial charge in [-0.15, -0.1) is 21.8 Å². The highest BCUT2D eigenvalue weighted by molar-refractivity contribution is 7.09. The van der Waals surface area contributed by atoms with Crippen LogP contribution in [-0.4, -0.2) is 41.5 Å². The standard InChI is InChI=1S/C16H12FN7OS/c1-9-12-20-21-13(14-19-16(18-2)22-26-14)24(12)8-7-23(9)15(25)10-3-5-11(17)6-4-10/h3-6,9H,7-8H2,1H3/t9-/m1/s1. The molecule has 1 amide bonds. The highest BCUT2D eigenvalue weighted by Crippen LogP contribution is 2.30. The Kier molecular flexibility index (Phi) is 3.93. The first-order valence-corrected chi connectivity index (χ1v) is 8.57. The Morgan fingerprint density at radius 1 is 1.31 bits per heavy atom. The topological polar surface area (TPSA) is 81.2 Å². The molecule has 1 atom stereocenters. The molecule has 3 aromatic rings. The molecule has 1 aromatic carbocycles. The van der Waals surface area contributed by atoms with Crippen LogP contribution in [0.2, 0.25) is 0 Å². The molecule has 2 aromatic heterocycles. The summed E-state index contributed by atoms with van der Waals surface area (Å²) in [7, 11) is 0. The van der Waals surface area contributed by atoms with Crippen LogP contribution in [0.15, 0.2) is 24.3 Å². The van der Waals surface area contributed by atoms with Crippen molar-refractivity contribution in [2.24, 2.45) is 0 Å². The molecule has 130 valence electrons. The first-order valence-electron chi connectivity index (χ1n) is 7.79. The zero-order valence-corrected chi connectivity index (χ0v) is 14.4. The van der Waals surface area contributed by atoms with Crippen LogP contribution in [0.25, 0.3) is 15.7 Å². The molecule has 0 bridgehead atoms. The molecule has 3 heterocycles. The van der Waals surface area contributed by atoms with Crippen LogP contribution in [0.3, 0.4) is 0 Å². The number of carbonyl (C=O) groups excluding carboxylic acids is 1. The number of nitrogens with zero attached hydrogens (tertiary/aromatic N) is 7. The summed E-state index contributed by atoms with van der Waals surface area (Å²) in [6.07, 6.45) is 0. The van der Waals surface area contributed by atoms with Crippen LogP contribution in [0, 0.1) is 12.4 Å². The number of fused-ring (bicyclic) bond motifs is 1. The summed E-state index contributed by atoms with van der Waals surface area (Å²) < 4.78 is 18.9. The lowest BCUT2D eigenvalue weighted by molar-refractivity contribution is 0.0638. The van der Waals surface area contributed by atoms with E-state index < -0.39 is 0 Å². The van der Waals surface area contributed by atoms with Crippen molar-refractivity contribution < 1.29 is 9.18 Å². The summed E-state index contributed by atoms with van der Waals surface area (Å²) in [5, 5.41) is 8.91. The van der Waals surface area contributed by atoms with Gasteiger partial charge in [-0.05, 0) is 31.2 Å². The lowest BCUT2D eigenvalue weighted by atomic mass is 10.1. The van der Waals surface area contributed by atoms with Crippen molar-refractivity contribution in [3.63, 3.8) is 0 Å². The van der Waals surface area contributed by atoms with E-state index >= 15 is 0 Å². The number of carbonyl (C=O) groups is 1. The smallest absolute Gasteiger partial charge is 0.385 e. The van der Waals surface area contributed by atoms with Gasteiger partial charge in [0.25, 0.3) is 10.9 Å². The van der Waals surface area contributed by atoms with Gasteiger partial charge in [0, 0.05) is 18.7 Å². The number of hydrogen-bond acceptors (Lipinski definition) is 6. The van der Waals surface area contributed by atoms with Crippen molar-refractivity contribution in [1.82, 2.24) is 29.0 Å². The second kappa shape index (κ2) is 6.27. The third kappa shape index (κ3) is 2.62. The van der Waals surface area contributed by atoms with Gasteiger partial charge in [0.15, 0.2) is 5.82 Å². The zero-order valence-electron chi connectivity index (χ0n) is 13.6. The minimum Gasteiger partial charge on any atom is -0.393 e. The van der Waals surface area contributed by atoms with Crippen molar-refractivity contribution in [2.75, 3.05) is 6.54 Å². The van der Waals surface area contributed by atoms with Gasteiger partial charge in [-0.1, -0.05) is 4.37 Å². The van der Waals surface area contributed by atoms with E-state index in [9.17, 15) is 9.18 Å². The normalized spacial score (nSPS) is 16.2. The maximum absolute atomic E-state index is 13.1. The number of amides is 1. The van der Waals surface area contributed by atoms with E-state index in [4.69, 9.17) is 6.57 Å². The Labute approximate surface area is 151 Å². The molecular weight excluding hydrogens is 357 g/mol. The molecule has 0 unspecified atom stereocenters. The maximum Gasteiger partial charge on any atom is 0.385 e. The molecule has 0 saturated carbocycles. The summed E-state index contributed by atoms with van der Waals surface area (Å²) in [6, 6.07) is 5.19. The average Bonchev–Trinajstić information content (AvgIpc) is 3.29. The van der Waals surface area contributed by atoms with Gasteiger partial charge in [0.1, 0.15) is 5.82 Å². The van der Waals surface area contributed by atoms with E-state index in [0.29, 0.717) is 35.3 Å². The first-order chi connectivity index (χ1) is 12.6. The average molecular weight is 369 g/mol. The summed E-state index contributed by atoms with van der Waals surface area (Å²) in [6.45, 7) is 9.80. The molecule has 10 heteroatoms. The molecule has 0 radical (unpaired) electrons. The van der Waals surface area contributed by atoms with Crippen LogP contribution in [0.5, 0.6) is 0 Å². The molecular formula is C16H12FN7OS. The van der Waals surface area contributed by atoms with Gasteiger partial charge in [0.05, 0.1) is 17.6 Å². The monoisotopic (exact) mass is 369 g/mol. The molecule has 0 N–H and O–H groups in total. The number of benzene rings is 1. The quantitative estimate of drug-likeness (QED) is 0.649. The summed E-state index contributed by atoms with van der Waals surface area (Å²) in [5.41, 5.74) is 0.428. The van der Waals surface area contributed by atoms with Crippen molar-refractivity contribution in [3.05, 3.63) is 52.9 Å². The molecule has 0 aliphatic carbocycles. The Hall–Kier alpha value is -3.19. The van der Waals surface area contributed by atoms with Crippen LogP contribution < -0.4 is 0 Å². The fourth-order valence-corrected chi connectivity index (χ4v) is 3.54. The highest BCUT2D eigenvalue weighted by Gasteiger charge is 2.33. The van der Waals surface area contributed by atoms with Crippen molar-refractivity contribution in [1.29, 1.82) is 0 Å². The van der Waals surface area contributed by atoms with E-state index in [2.05, 4.69) is 24.4 Å². The van der Waals surface area contributed by atoms with Crippen LogP contribution >= 0.6 is 11.5 Å². The summed E-state index contributed by atoms with van der Waals surface area (Å²) in [4.78, 5) is 21.8. The van der Waals surface area contributed by atoms with Gasteiger partial charge >= 0.3 is 5.95 Å². The van der Waals surface area contributed by atoms with Gasteiger partial charge in [-0.25, -0.2) is 4.39 Å². The third-order valence-corrected chi connectivity index (χ3v) is 4.95. The Bertz CT molecular complexity index is 1020. The maximum atomic E-state index is 13.1. The molecule has 0 saturated heterocycles. The van der Waals surface area contributed by atoms with E-state index in [1.807, 2.05) is 11.5 Å². The summed E-state index contributed by atoms with van der Waals surface area (Å²) in [5.74, 6) is 0.710. The van der Waals surface area contributed by atoms with Crippen LogP contribution in [0.1, 0.15) is 29.1 Å². The van der Waals surface area contributed by atoms with Crippen molar-refractivity contribution in [2.45, 2.75) is 19.5 Å². The fraction of sp³-hybridized carbons (Fsp3) is 0.250. The van der Waals surface area contributed by atoms with Gasteiger partial charge in [0.2, 0.25) is 5.82 Å². The minimum atomic E-state index is -0.381. The molecule has 0 fully saturated rings. The molecule has 8 nitrogen and oxygen atoms in total. The fourth-order valence-electron chi connectivity index (χ4n) is 2.93. The van der Waals surface area contributed by atoms with E-state index in [1.54, 1.807) is 4.90 Å². The van der Waals surface area contributed by atoms with Crippen LogP contribution in [-0.2, 0) is 6.54 Å². The first kappa shape index (κ1) is 16.3. The lowest BCUT2D eigenvalue weighted by Gasteiger charge is -2.33. The molecule has 1 aliphatic heterocycles. The second-order valence-electron chi connectivity index (χ2n) is 5.73. The van der Waals surface area contributed by atoms with Gasteiger partial charge in [-0.2, -0.15) is 0 Å². The van der Waals surface area contributed by atoms with E-state index in [1.165, 1.54) is 24.3 Å². The summed E-state index contributed by atoms with van der Waals surface area (Å²) >= 11 is 1.10.